The predicted molar refractivity (Wildman–Crippen MR) is 123 cm³/mol. The van der Waals surface area contributed by atoms with E-state index in [-0.39, 0.29) is 12.6 Å². The number of aryl methyl sites for hydroxylation is 1. The highest BCUT2D eigenvalue weighted by atomic mass is 35.5. The Morgan fingerprint density at radius 1 is 1.00 bits per heavy atom. The third-order valence-corrected chi connectivity index (χ3v) is 5.35. The molecule has 0 atom stereocenters. The summed E-state index contributed by atoms with van der Waals surface area (Å²) >= 11 is 6.21. The van der Waals surface area contributed by atoms with Crippen LogP contribution in [-0.4, -0.2) is 37.4 Å². The molecule has 1 amide bonds. The van der Waals surface area contributed by atoms with Crippen molar-refractivity contribution in [3.8, 4) is 16.9 Å². The summed E-state index contributed by atoms with van der Waals surface area (Å²) in [6.07, 6.45) is 3.48. The molecule has 2 aromatic heterocycles. The molecule has 164 valence electrons. The van der Waals surface area contributed by atoms with E-state index in [1.54, 1.807) is 39.8 Å². The van der Waals surface area contributed by atoms with Crippen LogP contribution < -0.4 is 4.74 Å². The lowest BCUT2D eigenvalue weighted by Crippen LogP contribution is -2.27. The fourth-order valence-electron chi connectivity index (χ4n) is 3.26. The van der Waals surface area contributed by atoms with Crippen molar-refractivity contribution in [1.82, 2.24) is 24.5 Å². The van der Waals surface area contributed by atoms with Gasteiger partial charge in [-0.2, -0.15) is 10.2 Å². The van der Waals surface area contributed by atoms with E-state index < -0.39 is 0 Å². The summed E-state index contributed by atoms with van der Waals surface area (Å²) in [4.78, 5) is 14.3. The summed E-state index contributed by atoms with van der Waals surface area (Å²) in [6.45, 7) is 3.21. The van der Waals surface area contributed by atoms with E-state index in [4.69, 9.17) is 16.3 Å². The van der Waals surface area contributed by atoms with Gasteiger partial charge >= 0.3 is 0 Å². The summed E-state index contributed by atoms with van der Waals surface area (Å²) in [5, 5.41) is 9.27. The average Bonchev–Trinajstić information content (AvgIpc) is 3.44. The number of nitrogens with zero attached hydrogens (tertiary/aromatic N) is 5. The van der Waals surface area contributed by atoms with Gasteiger partial charge in [-0.1, -0.05) is 54.1 Å². The largest absolute Gasteiger partial charge is 0.471 e. The zero-order valence-electron chi connectivity index (χ0n) is 18.0. The van der Waals surface area contributed by atoms with Gasteiger partial charge in [-0.3, -0.25) is 9.48 Å². The van der Waals surface area contributed by atoms with Crippen LogP contribution in [0.2, 0.25) is 5.02 Å². The molecule has 4 rings (SSSR count). The zero-order valence-corrected chi connectivity index (χ0v) is 18.7. The fraction of sp³-hybridized carbons (Fsp3) is 0.208. The van der Waals surface area contributed by atoms with Gasteiger partial charge in [-0.05, 0) is 36.2 Å². The normalized spacial score (nSPS) is 10.8. The van der Waals surface area contributed by atoms with Crippen molar-refractivity contribution in [3.63, 3.8) is 0 Å². The molecule has 8 heteroatoms. The molecule has 0 aliphatic heterocycles. The van der Waals surface area contributed by atoms with Crippen LogP contribution in [-0.2, 0) is 19.8 Å². The van der Waals surface area contributed by atoms with E-state index in [2.05, 4.69) is 22.3 Å². The van der Waals surface area contributed by atoms with Crippen molar-refractivity contribution in [2.75, 3.05) is 7.05 Å². The topological polar surface area (TPSA) is 65.2 Å². The number of rotatable bonds is 8. The van der Waals surface area contributed by atoms with E-state index in [0.29, 0.717) is 23.0 Å². The number of halogens is 1. The van der Waals surface area contributed by atoms with Crippen LogP contribution >= 0.6 is 11.6 Å². The molecule has 32 heavy (non-hydrogen) atoms. The number of aromatic nitrogens is 4. The number of hydrogen-bond donors (Lipinski definition) is 0. The minimum Gasteiger partial charge on any atom is -0.471 e. The molecular weight excluding hydrogens is 426 g/mol. The highest BCUT2D eigenvalue weighted by Gasteiger charge is 2.18. The van der Waals surface area contributed by atoms with Crippen molar-refractivity contribution in [2.24, 2.45) is 0 Å². The second-order valence-corrected chi connectivity index (χ2v) is 7.75. The number of carbonyl (C=O) groups is 1. The summed E-state index contributed by atoms with van der Waals surface area (Å²) < 4.78 is 9.14. The Balaban J connectivity index is 1.34. The van der Waals surface area contributed by atoms with Gasteiger partial charge < -0.3 is 9.64 Å². The molecule has 0 N–H and O–H groups in total. The van der Waals surface area contributed by atoms with E-state index in [1.165, 1.54) is 0 Å². The van der Waals surface area contributed by atoms with Crippen molar-refractivity contribution in [3.05, 3.63) is 89.5 Å². The first-order valence-corrected chi connectivity index (χ1v) is 10.7. The first-order valence-electron chi connectivity index (χ1n) is 10.3. The Kier molecular flexibility index (Phi) is 6.56. The first kappa shape index (κ1) is 21.6. The Labute approximate surface area is 191 Å². The maximum absolute atomic E-state index is 12.7. The van der Waals surface area contributed by atoms with Gasteiger partial charge in [-0.15, -0.1) is 0 Å². The Morgan fingerprint density at radius 2 is 1.72 bits per heavy atom. The smallest absolute Gasteiger partial charge is 0.274 e. The summed E-state index contributed by atoms with van der Waals surface area (Å²) in [5.74, 6) is 0.518. The second-order valence-electron chi connectivity index (χ2n) is 7.34. The highest BCUT2D eigenvalue weighted by molar-refractivity contribution is 6.31. The quantitative estimate of drug-likeness (QED) is 0.390. The zero-order chi connectivity index (χ0) is 22.5. The molecule has 0 saturated carbocycles. The molecule has 0 fully saturated rings. The van der Waals surface area contributed by atoms with Gasteiger partial charge in [-0.25, -0.2) is 4.68 Å². The summed E-state index contributed by atoms with van der Waals surface area (Å²) in [5.41, 5.74) is 3.27. The maximum Gasteiger partial charge on any atom is 0.274 e. The minimum absolute atomic E-state index is 0.203. The molecule has 0 aliphatic rings. The lowest BCUT2D eigenvalue weighted by atomic mass is 10.1. The van der Waals surface area contributed by atoms with E-state index in [0.717, 1.165) is 23.4 Å². The second kappa shape index (κ2) is 9.70. The Morgan fingerprint density at radius 3 is 2.41 bits per heavy atom. The minimum atomic E-state index is -0.210. The third kappa shape index (κ3) is 5.00. The molecule has 0 spiro atoms. The van der Waals surface area contributed by atoms with Crippen LogP contribution in [0.15, 0.2) is 73.1 Å². The SMILES string of the molecule is CCn1cc(Cl)c(CN(C)C(=O)c2ccn(COc3ccc(-c4ccccc4)cc3)n2)n1. The lowest BCUT2D eigenvalue weighted by Gasteiger charge is -2.14. The number of amides is 1. The van der Waals surface area contributed by atoms with Gasteiger partial charge in [0.25, 0.3) is 5.91 Å². The highest BCUT2D eigenvalue weighted by Crippen LogP contribution is 2.22. The van der Waals surface area contributed by atoms with Gasteiger partial charge in [0.2, 0.25) is 0 Å². The van der Waals surface area contributed by atoms with Crippen molar-refractivity contribution in [1.29, 1.82) is 0 Å². The number of ether oxygens (including phenoxy) is 1. The van der Waals surface area contributed by atoms with E-state index in [9.17, 15) is 4.79 Å². The molecule has 4 aromatic rings. The molecule has 0 bridgehead atoms. The predicted octanol–water partition coefficient (Wildman–Crippen LogP) is 4.73. The average molecular weight is 450 g/mol. The van der Waals surface area contributed by atoms with Crippen LogP contribution in [0.1, 0.15) is 23.1 Å². The van der Waals surface area contributed by atoms with Gasteiger partial charge in [0, 0.05) is 26.0 Å². The molecule has 0 aliphatic carbocycles. The van der Waals surface area contributed by atoms with Crippen molar-refractivity contribution >= 4 is 17.5 Å². The molecular formula is C24H24ClN5O2. The lowest BCUT2D eigenvalue weighted by molar-refractivity contribution is 0.0775. The summed E-state index contributed by atoms with van der Waals surface area (Å²) in [7, 11) is 1.70. The number of benzene rings is 2. The standard InChI is InChI=1S/C24H24ClN5O2/c1-3-29-15-21(25)23(27-29)16-28(2)24(31)22-13-14-30(26-22)17-32-20-11-9-19(10-12-20)18-7-5-4-6-8-18/h4-15H,3,16-17H2,1-2H3. The Bertz CT molecular complexity index is 1180. The number of carbonyl (C=O) groups excluding carboxylic acids is 1. The van der Waals surface area contributed by atoms with Gasteiger partial charge in [0.15, 0.2) is 12.4 Å². The van der Waals surface area contributed by atoms with Crippen molar-refractivity contribution < 1.29 is 9.53 Å². The molecule has 2 heterocycles. The third-order valence-electron chi connectivity index (χ3n) is 5.03. The van der Waals surface area contributed by atoms with Gasteiger partial charge in [0.1, 0.15) is 11.4 Å². The van der Waals surface area contributed by atoms with Gasteiger partial charge in [0.05, 0.1) is 11.6 Å². The van der Waals surface area contributed by atoms with Crippen LogP contribution in [0.25, 0.3) is 11.1 Å². The van der Waals surface area contributed by atoms with Crippen LogP contribution in [0, 0.1) is 0 Å². The molecule has 7 nitrogen and oxygen atoms in total. The number of hydrogen-bond acceptors (Lipinski definition) is 4. The molecule has 0 unspecified atom stereocenters. The molecule has 0 saturated heterocycles. The fourth-order valence-corrected chi connectivity index (χ4v) is 3.47. The van der Waals surface area contributed by atoms with E-state index in [1.807, 2.05) is 49.4 Å². The Hall–Kier alpha value is -3.58. The maximum atomic E-state index is 12.7. The van der Waals surface area contributed by atoms with E-state index >= 15 is 0 Å². The van der Waals surface area contributed by atoms with Crippen LogP contribution in [0.3, 0.4) is 0 Å². The van der Waals surface area contributed by atoms with Crippen molar-refractivity contribution in [2.45, 2.75) is 26.7 Å². The molecule has 2 aromatic carbocycles. The van der Waals surface area contributed by atoms with Crippen LogP contribution in [0.4, 0.5) is 0 Å². The first-order chi connectivity index (χ1) is 15.5. The summed E-state index contributed by atoms with van der Waals surface area (Å²) in [6, 6.07) is 19.7. The van der Waals surface area contributed by atoms with Crippen LogP contribution in [0.5, 0.6) is 5.75 Å². The monoisotopic (exact) mass is 449 g/mol. The molecule has 0 radical (unpaired) electrons.